The van der Waals surface area contributed by atoms with Gasteiger partial charge in [0.15, 0.2) is 0 Å². The zero-order chi connectivity index (χ0) is 11.1. The SMILES string of the molecule is CNC/C=C/C(=N\N)c1ccc(Cl)cc1. The number of nitrogens with two attached hydrogens (primary N) is 1. The van der Waals surface area contributed by atoms with Crippen LogP contribution in [0.3, 0.4) is 0 Å². The van der Waals surface area contributed by atoms with E-state index in [2.05, 4.69) is 10.4 Å². The maximum atomic E-state index is 5.79. The van der Waals surface area contributed by atoms with Crippen LogP contribution >= 0.6 is 11.6 Å². The predicted molar refractivity (Wildman–Crippen MR) is 65.2 cm³/mol. The van der Waals surface area contributed by atoms with Gasteiger partial charge in [-0.3, -0.25) is 0 Å². The number of benzene rings is 1. The largest absolute Gasteiger partial charge is 0.323 e. The third-order valence-corrected chi connectivity index (χ3v) is 2.13. The second-order valence-corrected chi connectivity index (χ2v) is 3.42. The van der Waals surface area contributed by atoms with E-state index in [1.54, 1.807) is 0 Å². The van der Waals surface area contributed by atoms with Crippen LogP contribution in [0.4, 0.5) is 0 Å². The molecule has 0 saturated carbocycles. The summed E-state index contributed by atoms with van der Waals surface area (Å²) in [4.78, 5) is 0. The summed E-state index contributed by atoms with van der Waals surface area (Å²) in [7, 11) is 1.88. The van der Waals surface area contributed by atoms with Crippen molar-refractivity contribution in [2.75, 3.05) is 13.6 Å². The second-order valence-electron chi connectivity index (χ2n) is 2.98. The van der Waals surface area contributed by atoms with Gasteiger partial charge in [-0.2, -0.15) is 5.10 Å². The summed E-state index contributed by atoms with van der Waals surface area (Å²) >= 11 is 5.79. The molecule has 0 aromatic heterocycles. The molecule has 80 valence electrons. The quantitative estimate of drug-likeness (QED) is 0.465. The molecule has 0 aliphatic carbocycles. The van der Waals surface area contributed by atoms with E-state index >= 15 is 0 Å². The molecular weight excluding hydrogens is 210 g/mol. The van der Waals surface area contributed by atoms with Gasteiger partial charge in [0.1, 0.15) is 0 Å². The molecule has 3 N–H and O–H groups in total. The first-order valence-corrected chi connectivity index (χ1v) is 5.00. The monoisotopic (exact) mass is 223 g/mol. The Morgan fingerprint density at radius 1 is 1.47 bits per heavy atom. The number of nitrogens with zero attached hydrogens (tertiary/aromatic N) is 1. The van der Waals surface area contributed by atoms with Gasteiger partial charge in [0, 0.05) is 17.1 Å². The normalized spacial score (nSPS) is 12.3. The van der Waals surface area contributed by atoms with Gasteiger partial charge in [0.25, 0.3) is 0 Å². The summed E-state index contributed by atoms with van der Waals surface area (Å²) in [6.45, 7) is 0.784. The van der Waals surface area contributed by atoms with Crippen molar-refractivity contribution in [3.8, 4) is 0 Å². The minimum Gasteiger partial charge on any atom is -0.323 e. The standard InChI is InChI=1S/C11H14ClN3/c1-14-8-2-3-11(15-13)9-4-6-10(12)7-5-9/h2-7,14H,8,13H2,1H3/b3-2+,15-11+. The van der Waals surface area contributed by atoms with Gasteiger partial charge in [0.2, 0.25) is 0 Å². The van der Waals surface area contributed by atoms with Crippen LogP contribution in [0.5, 0.6) is 0 Å². The molecule has 0 fully saturated rings. The molecule has 0 atom stereocenters. The van der Waals surface area contributed by atoms with Crippen molar-refractivity contribution in [3.63, 3.8) is 0 Å². The van der Waals surface area contributed by atoms with Crippen molar-refractivity contribution in [1.29, 1.82) is 0 Å². The van der Waals surface area contributed by atoms with Gasteiger partial charge in [0.05, 0.1) is 5.71 Å². The van der Waals surface area contributed by atoms with Crippen LogP contribution in [0.25, 0.3) is 0 Å². The predicted octanol–water partition coefficient (Wildman–Crippen LogP) is 1.78. The average molecular weight is 224 g/mol. The van der Waals surface area contributed by atoms with Crippen molar-refractivity contribution in [2.45, 2.75) is 0 Å². The molecule has 0 aliphatic heterocycles. The van der Waals surface area contributed by atoms with Crippen LogP contribution in [0.1, 0.15) is 5.56 Å². The average Bonchev–Trinajstić information content (AvgIpc) is 2.26. The Balaban J connectivity index is 2.80. The highest BCUT2D eigenvalue weighted by Gasteiger charge is 1.98. The molecule has 15 heavy (non-hydrogen) atoms. The molecule has 3 nitrogen and oxygen atoms in total. The Kier molecular flexibility index (Phi) is 4.87. The molecule has 0 unspecified atom stereocenters. The number of nitrogens with one attached hydrogen (secondary N) is 1. The number of likely N-dealkylation sites (N-methyl/N-ethyl adjacent to an activating group) is 1. The second kappa shape index (κ2) is 6.22. The van der Waals surface area contributed by atoms with Crippen molar-refractivity contribution >= 4 is 17.3 Å². The van der Waals surface area contributed by atoms with Crippen molar-refractivity contribution in [3.05, 3.63) is 47.0 Å². The van der Waals surface area contributed by atoms with Crippen molar-refractivity contribution < 1.29 is 0 Å². The summed E-state index contributed by atoms with van der Waals surface area (Å²) in [6, 6.07) is 7.40. The van der Waals surface area contributed by atoms with E-state index < -0.39 is 0 Å². The highest BCUT2D eigenvalue weighted by Crippen LogP contribution is 2.10. The molecule has 0 bridgehead atoms. The van der Waals surface area contributed by atoms with Gasteiger partial charge in [-0.1, -0.05) is 29.8 Å². The summed E-state index contributed by atoms with van der Waals surface area (Å²) in [6.07, 6.45) is 3.83. The van der Waals surface area contributed by atoms with Crippen LogP contribution in [-0.2, 0) is 0 Å². The van der Waals surface area contributed by atoms with Gasteiger partial charge in [-0.05, 0) is 25.3 Å². The van der Waals surface area contributed by atoms with Crippen molar-refractivity contribution in [2.24, 2.45) is 10.9 Å². The van der Waals surface area contributed by atoms with Gasteiger partial charge in [-0.25, -0.2) is 0 Å². The zero-order valence-electron chi connectivity index (χ0n) is 8.57. The fourth-order valence-electron chi connectivity index (χ4n) is 1.12. The van der Waals surface area contributed by atoms with Crippen LogP contribution in [0.15, 0.2) is 41.5 Å². The van der Waals surface area contributed by atoms with E-state index in [4.69, 9.17) is 17.4 Å². The summed E-state index contributed by atoms with van der Waals surface area (Å²) < 4.78 is 0. The van der Waals surface area contributed by atoms with Gasteiger partial charge in [-0.15, -0.1) is 0 Å². The van der Waals surface area contributed by atoms with E-state index in [1.807, 2.05) is 43.5 Å². The third kappa shape index (κ3) is 3.73. The fraction of sp³-hybridized carbons (Fsp3) is 0.182. The Morgan fingerprint density at radius 2 is 2.13 bits per heavy atom. The number of hydrazone groups is 1. The Morgan fingerprint density at radius 3 is 2.67 bits per heavy atom. The van der Waals surface area contributed by atoms with Crippen molar-refractivity contribution in [1.82, 2.24) is 5.32 Å². The molecule has 1 aromatic rings. The number of hydrogen-bond donors (Lipinski definition) is 2. The molecule has 0 amide bonds. The Labute approximate surface area is 94.6 Å². The Bertz CT molecular complexity index is 355. The number of rotatable bonds is 4. The number of allylic oxidation sites excluding steroid dienone is 1. The van der Waals surface area contributed by atoms with E-state index in [-0.39, 0.29) is 0 Å². The number of hydrogen-bond acceptors (Lipinski definition) is 3. The first-order chi connectivity index (χ1) is 7.27. The molecule has 0 radical (unpaired) electrons. The van der Waals surface area contributed by atoms with Crippen LogP contribution in [0.2, 0.25) is 5.02 Å². The smallest absolute Gasteiger partial charge is 0.0896 e. The van der Waals surface area contributed by atoms with Crippen LogP contribution in [0, 0.1) is 0 Å². The highest BCUT2D eigenvalue weighted by molar-refractivity contribution is 6.30. The molecule has 0 spiro atoms. The fourth-order valence-corrected chi connectivity index (χ4v) is 1.25. The summed E-state index contributed by atoms with van der Waals surface area (Å²) in [5, 5.41) is 7.43. The molecular formula is C11H14ClN3. The van der Waals surface area contributed by atoms with E-state index in [0.717, 1.165) is 17.8 Å². The minimum absolute atomic E-state index is 0.703. The number of halogens is 1. The zero-order valence-corrected chi connectivity index (χ0v) is 9.33. The van der Waals surface area contributed by atoms with E-state index in [0.29, 0.717) is 5.02 Å². The Hall–Kier alpha value is -1.32. The maximum Gasteiger partial charge on any atom is 0.0896 e. The summed E-state index contributed by atoms with van der Waals surface area (Å²) in [5.74, 6) is 5.31. The topological polar surface area (TPSA) is 50.4 Å². The lowest BCUT2D eigenvalue weighted by Crippen LogP contribution is -2.06. The first kappa shape index (κ1) is 11.8. The van der Waals surface area contributed by atoms with E-state index in [9.17, 15) is 0 Å². The molecule has 0 saturated heterocycles. The van der Waals surface area contributed by atoms with Gasteiger partial charge >= 0.3 is 0 Å². The molecule has 1 rings (SSSR count). The minimum atomic E-state index is 0.703. The maximum absolute atomic E-state index is 5.79. The van der Waals surface area contributed by atoms with Crippen LogP contribution in [-0.4, -0.2) is 19.3 Å². The molecule has 0 aliphatic rings. The third-order valence-electron chi connectivity index (χ3n) is 1.88. The lowest BCUT2D eigenvalue weighted by Gasteiger charge is -2.00. The molecule has 1 aromatic carbocycles. The van der Waals surface area contributed by atoms with E-state index in [1.165, 1.54) is 0 Å². The lowest BCUT2D eigenvalue weighted by atomic mass is 10.1. The molecule has 0 heterocycles. The van der Waals surface area contributed by atoms with Crippen LogP contribution < -0.4 is 11.2 Å². The highest BCUT2D eigenvalue weighted by atomic mass is 35.5. The summed E-state index contributed by atoms with van der Waals surface area (Å²) in [5.41, 5.74) is 1.69. The van der Waals surface area contributed by atoms with Gasteiger partial charge < -0.3 is 11.2 Å². The first-order valence-electron chi connectivity index (χ1n) is 4.63. The molecule has 4 heteroatoms. The lowest BCUT2D eigenvalue weighted by molar-refractivity contribution is 0.920.